The molecular formula is C12H28O5. The molecule has 0 aliphatic heterocycles. The third-order valence-electron chi connectivity index (χ3n) is 1.50. The average molecular weight is 252 g/mol. The standard InChI is InChI=1S/C6H12O2.C4H10O.C2H6O2/c1-2-3-4-5-6(7)8;1-3-5-4-2;3-1-2-4/h2-5H2,1H3,(H,7,8);3-4H2,1-2H3;3-4H,1-2H2. The summed E-state index contributed by atoms with van der Waals surface area (Å²) in [5.74, 6) is -0.682. The Morgan fingerprint density at radius 1 is 1.00 bits per heavy atom. The van der Waals surface area contributed by atoms with Crippen molar-refractivity contribution < 1.29 is 24.9 Å². The Bertz CT molecular complexity index is 124. The van der Waals surface area contributed by atoms with Gasteiger partial charge in [-0.1, -0.05) is 19.8 Å². The zero-order valence-electron chi connectivity index (χ0n) is 11.3. The van der Waals surface area contributed by atoms with Crippen LogP contribution in [0.15, 0.2) is 0 Å². The van der Waals surface area contributed by atoms with Crippen LogP contribution < -0.4 is 0 Å². The molecule has 17 heavy (non-hydrogen) atoms. The lowest BCUT2D eigenvalue weighted by Crippen LogP contribution is -1.92. The van der Waals surface area contributed by atoms with Crippen molar-refractivity contribution in [2.45, 2.75) is 46.5 Å². The molecule has 0 aromatic heterocycles. The molecule has 5 heteroatoms. The fourth-order valence-corrected chi connectivity index (χ4v) is 0.730. The van der Waals surface area contributed by atoms with Crippen molar-refractivity contribution in [1.29, 1.82) is 0 Å². The fraction of sp³-hybridized carbons (Fsp3) is 0.917. The topological polar surface area (TPSA) is 87.0 Å². The molecule has 0 saturated carbocycles. The second kappa shape index (κ2) is 24.5. The summed E-state index contributed by atoms with van der Waals surface area (Å²) < 4.78 is 4.83. The van der Waals surface area contributed by atoms with Gasteiger partial charge in [0.1, 0.15) is 0 Å². The van der Waals surface area contributed by atoms with Crippen LogP contribution in [0.5, 0.6) is 0 Å². The molecule has 0 unspecified atom stereocenters. The highest BCUT2D eigenvalue weighted by Crippen LogP contribution is 1.97. The number of hydrogen-bond acceptors (Lipinski definition) is 4. The number of carbonyl (C=O) groups is 1. The first kappa shape index (κ1) is 21.6. The van der Waals surface area contributed by atoms with Crippen LogP contribution in [0.25, 0.3) is 0 Å². The molecule has 0 amide bonds. The molecule has 0 spiro atoms. The van der Waals surface area contributed by atoms with Gasteiger partial charge in [0.05, 0.1) is 13.2 Å². The summed E-state index contributed by atoms with van der Waals surface area (Å²) in [4.78, 5) is 9.87. The van der Waals surface area contributed by atoms with Gasteiger partial charge in [-0.25, -0.2) is 0 Å². The number of aliphatic carboxylic acids is 1. The molecule has 3 N–H and O–H groups in total. The van der Waals surface area contributed by atoms with Crippen molar-refractivity contribution in [2.75, 3.05) is 26.4 Å². The first-order valence-corrected chi connectivity index (χ1v) is 6.11. The molecule has 0 aromatic carbocycles. The van der Waals surface area contributed by atoms with Crippen LogP contribution in [0.1, 0.15) is 46.5 Å². The SMILES string of the molecule is CCCCCC(=O)O.CCOCC.OCCO. The normalized spacial score (nSPS) is 8.53. The molecule has 0 radical (unpaired) electrons. The lowest BCUT2D eigenvalue weighted by molar-refractivity contribution is -0.137. The van der Waals surface area contributed by atoms with E-state index in [1.165, 1.54) is 0 Å². The Kier molecular flexibility index (Phi) is 31.2. The minimum absolute atomic E-state index is 0.125. The smallest absolute Gasteiger partial charge is 0.303 e. The highest BCUT2D eigenvalue weighted by Gasteiger charge is 1.92. The molecule has 0 heterocycles. The van der Waals surface area contributed by atoms with E-state index in [9.17, 15) is 4.79 Å². The lowest BCUT2D eigenvalue weighted by atomic mass is 10.2. The van der Waals surface area contributed by atoms with Gasteiger partial charge >= 0.3 is 5.97 Å². The summed E-state index contributed by atoms with van der Waals surface area (Å²) in [7, 11) is 0. The van der Waals surface area contributed by atoms with E-state index >= 15 is 0 Å². The predicted octanol–water partition coefficient (Wildman–Crippen LogP) is 1.67. The minimum Gasteiger partial charge on any atom is -0.481 e. The van der Waals surface area contributed by atoms with Crippen molar-refractivity contribution in [3.8, 4) is 0 Å². The number of hydrogen-bond donors (Lipinski definition) is 3. The van der Waals surface area contributed by atoms with Crippen molar-refractivity contribution in [3.05, 3.63) is 0 Å². The molecule has 5 nitrogen and oxygen atoms in total. The van der Waals surface area contributed by atoms with Gasteiger partial charge in [-0.2, -0.15) is 0 Å². The molecule has 0 fully saturated rings. The third-order valence-corrected chi connectivity index (χ3v) is 1.50. The van der Waals surface area contributed by atoms with E-state index in [4.69, 9.17) is 20.1 Å². The molecule has 0 rings (SSSR count). The monoisotopic (exact) mass is 252 g/mol. The van der Waals surface area contributed by atoms with Crippen molar-refractivity contribution in [2.24, 2.45) is 0 Å². The maximum Gasteiger partial charge on any atom is 0.303 e. The van der Waals surface area contributed by atoms with Crippen LogP contribution in [-0.2, 0) is 9.53 Å². The maximum absolute atomic E-state index is 9.87. The lowest BCUT2D eigenvalue weighted by Gasteiger charge is -1.89. The van der Waals surface area contributed by atoms with Crippen molar-refractivity contribution >= 4 is 5.97 Å². The molecular weight excluding hydrogens is 224 g/mol. The highest BCUT2D eigenvalue weighted by molar-refractivity contribution is 5.66. The number of aliphatic hydroxyl groups is 2. The number of ether oxygens (including phenoxy) is 1. The van der Waals surface area contributed by atoms with Gasteiger partial charge in [0.15, 0.2) is 0 Å². The van der Waals surface area contributed by atoms with Crippen LogP contribution in [0, 0.1) is 0 Å². The zero-order valence-corrected chi connectivity index (χ0v) is 11.3. The van der Waals surface area contributed by atoms with Crippen LogP contribution in [0.2, 0.25) is 0 Å². The molecule has 0 aromatic rings. The van der Waals surface area contributed by atoms with E-state index in [-0.39, 0.29) is 13.2 Å². The van der Waals surface area contributed by atoms with Gasteiger partial charge in [-0.3, -0.25) is 4.79 Å². The van der Waals surface area contributed by atoms with Crippen LogP contribution >= 0.6 is 0 Å². The Morgan fingerprint density at radius 3 is 1.65 bits per heavy atom. The van der Waals surface area contributed by atoms with E-state index < -0.39 is 5.97 Å². The second-order valence-electron chi connectivity index (χ2n) is 3.08. The highest BCUT2D eigenvalue weighted by atomic mass is 16.5. The van der Waals surface area contributed by atoms with E-state index in [1.54, 1.807) is 0 Å². The number of rotatable bonds is 7. The van der Waals surface area contributed by atoms with Gasteiger partial charge in [-0.05, 0) is 20.3 Å². The molecule has 0 aliphatic rings. The zero-order chi connectivity index (χ0) is 13.9. The number of unbranched alkanes of at least 4 members (excludes halogenated alkanes) is 2. The first-order valence-electron chi connectivity index (χ1n) is 6.11. The predicted molar refractivity (Wildman–Crippen MR) is 68.1 cm³/mol. The van der Waals surface area contributed by atoms with Gasteiger partial charge < -0.3 is 20.1 Å². The summed E-state index contributed by atoms with van der Waals surface area (Å²) in [6.45, 7) is 7.47. The Balaban J connectivity index is -0.000000188. The van der Waals surface area contributed by atoms with Crippen LogP contribution in [-0.4, -0.2) is 47.7 Å². The number of aliphatic hydroxyl groups excluding tert-OH is 2. The first-order chi connectivity index (χ1) is 8.10. The van der Waals surface area contributed by atoms with Crippen LogP contribution in [0.4, 0.5) is 0 Å². The van der Waals surface area contributed by atoms with E-state index in [1.807, 2.05) is 13.8 Å². The van der Waals surface area contributed by atoms with E-state index in [0.29, 0.717) is 6.42 Å². The Hall–Kier alpha value is -0.650. The van der Waals surface area contributed by atoms with Crippen LogP contribution in [0.3, 0.4) is 0 Å². The van der Waals surface area contributed by atoms with Gasteiger partial charge in [-0.15, -0.1) is 0 Å². The summed E-state index contributed by atoms with van der Waals surface area (Å²) in [6.07, 6.45) is 3.28. The van der Waals surface area contributed by atoms with Crippen molar-refractivity contribution in [1.82, 2.24) is 0 Å². The molecule has 106 valence electrons. The maximum atomic E-state index is 9.87. The Morgan fingerprint density at radius 2 is 1.47 bits per heavy atom. The second-order valence-corrected chi connectivity index (χ2v) is 3.08. The van der Waals surface area contributed by atoms with Gasteiger partial charge in [0.25, 0.3) is 0 Å². The van der Waals surface area contributed by atoms with E-state index in [0.717, 1.165) is 32.5 Å². The van der Waals surface area contributed by atoms with E-state index in [2.05, 4.69) is 6.92 Å². The summed E-state index contributed by atoms with van der Waals surface area (Å²) in [5, 5.41) is 23.4. The summed E-state index contributed by atoms with van der Waals surface area (Å²) in [5.41, 5.74) is 0. The fourth-order valence-electron chi connectivity index (χ4n) is 0.730. The largest absolute Gasteiger partial charge is 0.481 e. The third kappa shape index (κ3) is 50.6. The summed E-state index contributed by atoms with van der Waals surface area (Å²) >= 11 is 0. The molecule has 0 atom stereocenters. The summed E-state index contributed by atoms with van der Waals surface area (Å²) in [6, 6.07) is 0. The number of carboxylic acids is 1. The van der Waals surface area contributed by atoms with Gasteiger partial charge in [0.2, 0.25) is 0 Å². The quantitative estimate of drug-likeness (QED) is 0.600. The average Bonchev–Trinajstić information content (AvgIpc) is 2.31. The molecule has 0 bridgehead atoms. The molecule has 0 aliphatic carbocycles. The molecule has 0 saturated heterocycles. The minimum atomic E-state index is -0.682. The Labute approximate surface area is 104 Å². The van der Waals surface area contributed by atoms with Gasteiger partial charge in [0, 0.05) is 19.6 Å². The van der Waals surface area contributed by atoms with Crippen molar-refractivity contribution in [3.63, 3.8) is 0 Å². The number of carboxylic acid groups (broad SMARTS) is 1.